The van der Waals surface area contributed by atoms with Gasteiger partial charge < -0.3 is 4.90 Å². The minimum Gasteiger partial charge on any atom is -0.333 e. The molecule has 0 aromatic heterocycles. The number of amides is 1. The Balaban J connectivity index is 2.20. The number of alkyl halides is 1. The van der Waals surface area contributed by atoms with E-state index in [0.29, 0.717) is 29.6 Å². The monoisotopic (exact) mass is 321 g/mol. The van der Waals surface area contributed by atoms with Crippen LogP contribution in [0.5, 0.6) is 0 Å². The fourth-order valence-electron chi connectivity index (χ4n) is 2.07. The normalized spacial score (nSPS) is 10.4. The quantitative estimate of drug-likeness (QED) is 0.741. The number of carbonyl (C=O) groups is 1. The molecule has 0 radical (unpaired) electrons. The molecule has 0 saturated heterocycles. The predicted octanol–water partition coefficient (Wildman–Crippen LogP) is 4.53. The first kappa shape index (κ1) is 15.9. The van der Waals surface area contributed by atoms with Gasteiger partial charge in [-0.2, -0.15) is 0 Å². The molecule has 2 aromatic carbocycles. The van der Waals surface area contributed by atoms with Gasteiger partial charge in [0.25, 0.3) is 5.91 Å². The van der Waals surface area contributed by atoms with Gasteiger partial charge in [-0.15, -0.1) is 11.6 Å². The molecule has 0 aliphatic rings. The van der Waals surface area contributed by atoms with Gasteiger partial charge >= 0.3 is 0 Å². The molecule has 110 valence electrons. The summed E-state index contributed by atoms with van der Waals surface area (Å²) in [7, 11) is 0. The van der Waals surface area contributed by atoms with E-state index in [0.717, 1.165) is 11.1 Å². The zero-order chi connectivity index (χ0) is 15.2. The number of nitrogens with zero attached hydrogens (tertiary/aromatic N) is 1. The minimum absolute atomic E-state index is 0.0543. The van der Waals surface area contributed by atoms with E-state index in [1.807, 2.05) is 43.3 Å². The maximum absolute atomic E-state index is 12.6. The van der Waals surface area contributed by atoms with Gasteiger partial charge in [0.05, 0.1) is 0 Å². The summed E-state index contributed by atoms with van der Waals surface area (Å²) < 4.78 is 0. The molecule has 0 atom stereocenters. The van der Waals surface area contributed by atoms with Crippen molar-refractivity contribution in [1.29, 1.82) is 0 Å². The summed E-state index contributed by atoms with van der Waals surface area (Å²) in [5, 5.41) is 0.603. The van der Waals surface area contributed by atoms with Gasteiger partial charge in [-0.05, 0) is 30.2 Å². The summed E-state index contributed by atoms with van der Waals surface area (Å²) in [6.07, 6.45) is 0. The van der Waals surface area contributed by atoms with Crippen LogP contribution < -0.4 is 0 Å². The Labute approximate surface area is 135 Å². The lowest BCUT2D eigenvalue weighted by atomic mass is 10.1. The van der Waals surface area contributed by atoms with Crippen molar-refractivity contribution >= 4 is 29.1 Å². The van der Waals surface area contributed by atoms with Crippen LogP contribution in [0.4, 0.5) is 0 Å². The lowest BCUT2D eigenvalue weighted by Gasteiger charge is -2.22. The molecule has 0 unspecified atom stereocenters. The number of hydrogen-bond donors (Lipinski definition) is 0. The van der Waals surface area contributed by atoms with E-state index in [9.17, 15) is 4.79 Å². The summed E-state index contributed by atoms with van der Waals surface area (Å²) in [5.74, 6) is 0.347. The standard InChI is InChI=1S/C17H17Cl2NO/c1-13-7-8-15(11-16(13)19)17(21)20(10-9-18)12-14-5-3-2-4-6-14/h2-8,11H,9-10,12H2,1H3. The van der Waals surface area contributed by atoms with Crippen molar-refractivity contribution in [3.63, 3.8) is 0 Å². The first-order chi connectivity index (χ1) is 10.1. The van der Waals surface area contributed by atoms with Gasteiger partial charge in [0.15, 0.2) is 0 Å². The molecule has 4 heteroatoms. The van der Waals surface area contributed by atoms with Crippen LogP contribution in [0.25, 0.3) is 0 Å². The Hall–Kier alpha value is -1.51. The third kappa shape index (κ3) is 4.23. The van der Waals surface area contributed by atoms with Crippen molar-refractivity contribution in [3.05, 3.63) is 70.2 Å². The highest BCUT2D eigenvalue weighted by molar-refractivity contribution is 6.31. The van der Waals surface area contributed by atoms with Crippen molar-refractivity contribution in [2.45, 2.75) is 13.5 Å². The summed E-state index contributed by atoms with van der Waals surface area (Å²) >= 11 is 11.9. The first-order valence-corrected chi connectivity index (χ1v) is 7.68. The van der Waals surface area contributed by atoms with E-state index in [2.05, 4.69) is 0 Å². The maximum atomic E-state index is 12.6. The molecular weight excluding hydrogens is 305 g/mol. The van der Waals surface area contributed by atoms with E-state index in [1.165, 1.54) is 0 Å². The van der Waals surface area contributed by atoms with Gasteiger partial charge in [0, 0.05) is 29.6 Å². The van der Waals surface area contributed by atoms with Crippen molar-refractivity contribution < 1.29 is 4.79 Å². The Bertz CT molecular complexity index is 613. The number of benzene rings is 2. The average molecular weight is 322 g/mol. The summed E-state index contributed by atoms with van der Waals surface area (Å²) in [5.41, 5.74) is 2.63. The Kier molecular flexibility index (Phi) is 5.66. The molecule has 0 saturated carbocycles. The molecule has 0 N–H and O–H groups in total. The maximum Gasteiger partial charge on any atom is 0.254 e. The van der Waals surface area contributed by atoms with Gasteiger partial charge in [-0.25, -0.2) is 0 Å². The van der Waals surface area contributed by atoms with Crippen LogP contribution in [-0.2, 0) is 6.54 Å². The average Bonchev–Trinajstić information content (AvgIpc) is 2.50. The van der Waals surface area contributed by atoms with Crippen molar-refractivity contribution in [2.75, 3.05) is 12.4 Å². The fraction of sp³-hybridized carbons (Fsp3) is 0.235. The Morgan fingerprint density at radius 3 is 2.48 bits per heavy atom. The van der Waals surface area contributed by atoms with Crippen LogP contribution in [0.3, 0.4) is 0 Å². The molecule has 21 heavy (non-hydrogen) atoms. The molecule has 2 nitrogen and oxygen atoms in total. The van der Waals surface area contributed by atoms with E-state index in [1.54, 1.807) is 17.0 Å². The summed E-state index contributed by atoms with van der Waals surface area (Å²) in [6, 6.07) is 15.2. The molecule has 2 aromatic rings. The molecule has 0 spiro atoms. The summed E-state index contributed by atoms with van der Waals surface area (Å²) in [6.45, 7) is 2.95. The van der Waals surface area contributed by atoms with Gasteiger partial charge in [0.1, 0.15) is 0 Å². The topological polar surface area (TPSA) is 20.3 Å². The molecule has 1 amide bonds. The number of halogens is 2. The van der Waals surface area contributed by atoms with Crippen LogP contribution in [-0.4, -0.2) is 23.2 Å². The summed E-state index contributed by atoms with van der Waals surface area (Å²) in [4.78, 5) is 14.4. The number of rotatable bonds is 5. The lowest BCUT2D eigenvalue weighted by Crippen LogP contribution is -2.32. The molecular formula is C17H17Cl2NO. The second-order valence-corrected chi connectivity index (χ2v) is 5.65. The van der Waals surface area contributed by atoms with Crippen molar-refractivity contribution in [2.24, 2.45) is 0 Å². The van der Waals surface area contributed by atoms with Crippen molar-refractivity contribution in [3.8, 4) is 0 Å². The minimum atomic E-state index is -0.0543. The molecule has 0 fully saturated rings. The van der Waals surface area contributed by atoms with Crippen LogP contribution in [0.15, 0.2) is 48.5 Å². The van der Waals surface area contributed by atoms with E-state index in [-0.39, 0.29) is 5.91 Å². The highest BCUT2D eigenvalue weighted by Gasteiger charge is 2.16. The second-order valence-electron chi connectivity index (χ2n) is 4.87. The van der Waals surface area contributed by atoms with Crippen LogP contribution >= 0.6 is 23.2 Å². The van der Waals surface area contributed by atoms with E-state index < -0.39 is 0 Å². The fourth-order valence-corrected chi connectivity index (χ4v) is 2.45. The lowest BCUT2D eigenvalue weighted by molar-refractivity contribution is 0.0754. The van der Waals surface area contributed by atoms with Crippen LogP contribution in [0, 0.1) is 6.92 Å². The predicted molar refractivity (Wildman–Crippen MR) is 88.1 cm³/mol. The Morgan fingerprint density at radius 2 is 1.86 bits per heavy atom. The van der Waals surface area contributed by atoms with Gasteiger partial charge in [-0.3, -0.25) is 4.79 Å². The number of hydrogen-bond acceptors (Lipinski definition) is 1. The molecule has 0 aliphatic heterocycles. The second kappa shape index (κ2) is 7.48. The van der Waals surface area contributed by atoms with Crippen molar-refractivity contribution in [1.82, 2.24) is 4.90 Å². The third-order valence-electron chi connectivity index (χ3n) is 3.28. The van der Waals surface area contributed by atoms with Gasteiger partial charge in [0.2, 0.25) is 0 Å². The zero-order valence-corrected chi connectivity index (χ0v) is 13.4. The molecule has 0 heterocycles. The van der Waals surface area contributed by atoms with Gasteiger partial charge in [-0.1, -0.05) is 48.0 Å². The van der Waals surface area contributed by atoms with Crippen LogP contribution in [0.2, 0.25) is 5.02 Å². The smallest absolute Gasteiger partial charge is 0.254 e. The molecule has 2 rings (SSSR count). The number of carbonyl (C=O) groups excluding carboxylic acids is 1. The van der Waals surface area contributed by atoms with Crippen LogP contribution in [0.1, 0.15) is 21.5 Å². The molecule has 0 aliphatic carbocycles. The third-order valence-corrected chi connectivity index (χ3v) is 3.85. The number of aryl methyl sites for hydroxylation is 1. The highest BCUT2D eigenvalue weighted by atomic mass is 35.5. The SMILES string of the molecule is Cc1ccc(C(=O)N(CCCl)Cc2ccccc2)cc1Cl. The zero-order valence-electron chi connectivity index (χ0n) is 11.9. The first-order valence-electron chi connectivity index (χ1n) is 6.77. The van der Waals surface area contributed by atoms with E-state index >= 15 is 0 Å². The largest absolute Gasteiger partial charge is 0.333 e. The molecule has 0 bridgehead atoms. The van der Waals surface area contributed by atoms with E-state index in [4.69, 9.17) is 23.2 Å². The Morgan fingerprint density at radius 1 is 1.14 bits per heavy atom. The highest BCUT2D eigenvalue weighted by Crippen LogP contribution is 2.18.